The van der Waals surface area contributed by atoms with E-state index in [0.29, 0.717) is 17.1 Å². The zero-order chi connectivity index (χ0) is 19.2. The van der Waals surface area contributed by atoms with Gasteiger partial charge in [-0.05, 0) is 65.5 Å². The van der Waals surface area contributed by atoms with Crippen LogP contribution >= 0.6 is 15.9 Å². The van der Waals surface area contributed by atoms with Crippen molar-refractivity contribution < 1.29 is 13.9 Å². The van der Waals surface area contributed by atoms with Gasteiger partial charge in [-0.3, -0.25) is 0 Å². The number of halogens is 1. The molecule has 0 spiro atoms. The van der Waals surface area contributed by atoms with Gasteiger partial charge in [0.05, 0.1) is 6.61 Å². The molecule has 2 aromatic carbocycles. The summed E-state index contributed by atoms with van der Waals surface area (Å²) >= 11 is 3.49. The van der Waals surface area contributed by atoms with Gasteiger partial charge >= 0.3 is 0 Å². The highest BCUT2D eigenvalue weighted by Gasteiger charge is 2.14. The minimum absolute atomic E-state index is 0.264. The van der Waals surface area contributed by atoms with Crippen LogP contribution in [-0.4, -0.2) is 11.6 Å². The number of rotatable bonds is 8. The first-order chi connectivity index (χ1) is 13.1. The Bertz CT molecular complexity index is 887. The second-order valence-electron chi connectivity index (χ2n) is 6.32. The van der Waals surface area contributed by atoms with Crippen LogP contribution in [0.15, 0.2) is 51.5 Å². The fourth-order valence-electron chi connectivity index (χ4n) is 2.87. The smallest absolute Gasteiger partial charge is 0.234 e. The van der Waals surface area contributed by atoms with E-state index in [-0.39, 0.29) is 6.61 Å². The Morgan fingerprint density at radius 1 is 1.04 bits per heavy atom. The molecule has 0 aliphatic rings. The van der Waals surface area contributed by atoms with Crippen molar-refractivity contribution in [3.8, 4) is 22.8 Å². The molecule has 0 radical (unpaired) electrons. The summed E-state index contributed by atoms with van der Waals surface area (Å²) in [6, 6.07) is 14.2. The third kappa shape index (κ3) is 4.92. The average molecular weight is 430 g/mol. The van der Waals surface area contributed by atoms with Crippen LogP contribution in [0.25, 0.3) is 11.3 Å². The Morgan fingerprint density at radius 2 is 1.81 bits per heavy atom. The molecule has 0 saturated heterocycles. The van der Waals surface area contributed by atoms with Crippen LogP contribution in [0.3, 0.4) is 0 Å². The van der Waals surface area contributed by atoms with Crippen LogP contribution in [0.1, 0.15) is 37.3 Å². The first-order valence-corrected chi connectivity index (χ1v) is 10.0. The fraction of sp³-hybridized carbons (Fsp3) is 0.318. The molecule has 3 rings (SSSR count). The number of hydrogen-bond acceptors (Lipinski definition) is 4. The molecule has 3 aromatic rings. The second-order valence-corrected chi connectivity index (χ2v) is 7.07. The Hall–Kier alpha value is -2.27. The molecule has 0 saturated carbocycles. The topological polar surface area (TPSA) is 44.5 Å². The zero-order valence-electron chi connectivity index (χ0n) is 15.9. The fourth-order valence-corrected chi connectivity index (χ4v) is 3.38. The van der Waals surface area contributed by atoms with Crippen molar-refractivity contribution in [1.82, 2.24) is 4.98 Å². The minimum atomic E-state index is 0.264. The maximum Gasteiger partial charge on any atom is 0.234 e. The van der Waals surface area contributed by atoms with E-state index >= 15 is 0 Å². The van der Waals surface area contributed by atoms with E-state index in [1.807, 2.05) is 32.0 Å². The molecule has 0 unspecified atom stereocenters. The van der Waals surface area contributed by atoms with Crippen LogP contribution in [0, 0.1) is 6.92 Å². The molecule has 5 heteroatoms. The monoisotopic (exact) mass is 429 g/mol. The summed E-state index contributed by atoms with van der Waals surface area (Å²) in [6.45, 7) is 7.06. The summed E-state index contributed by atoms with van der Waals surface area (Å²) in [5.41, 5.74) is 3.36. The van der Waals surface area contributed by atoms with Crippen molar-refractivity contribution in [3.05, 3.63) is 64.1 Å². The Morgan fingerprint density at radius 3 is 2.48 bits per heavy atom. The highest BCUT2D eigenvalue weighted by Crippen LogP contribution is 2.30. The molecule has 0 bridgehead atoms. The summed E-state index contributed by atoms with van der Waals surface area (Å²) in [5.74, 6) is 2.88. The van der Waals surface area contributed by atoms with Gasteiger partial charge < -0.3 is 13.9 Å². The van der Waals surface area contributed by atoms with E-state index < -0.39 is 0 Å². The van der Waals surface area contributed by atoms with E-state index in [1.54, 1.807) is 0 Å². The second kappa shape index (κ2) is 9.09. The number of nitrogens with zero attached hydrogens (tertiary/aromatic N) is 1. The van der Waals surface area contributed by atoms with Crippen LogP contribution in [0.2, 0.25) is 0 Å². The van der Waals surface area contributed by atoms with Crippen LogP contribution < -0.4 is 9.47 Å². The Balaban J connectivity index is 1.68. The lowest BCUT2D eigenvalue weighted by Gasteiger charge is -2.09. The lowest BCUT2D eigenvalue weighted by molar-refractivity contribution is 0.263. The number of oxazole rings is 1. The molecule has 0 fully saturated rings. The van der Waals surface area contributed by atoms with Crippen molar-refractivity contribution >= 4 is 15.9 Å². The van der Waals surface area contributed by atoms with Gasteiger partial charge in [0.15, 0.2) is 17.0 Å². The average Bonchev–Trinajstić information content (AvgIpc) is 3.04. The van der Waals surface area contributed by atoms with Crippen LogP contribution in [0.5, 0.6) is 11.5 Å². The third-order valence-corrected chi connectivity index (χ3v) is 4.73. The van der Waals surface area contributed by atoms with Crippen molar-refractivity contribution in [2.75, 3.05) is 6.61 Å². The molecule has 4 nitrogen and oxygen atoms in total. The molecule has 0 aliphatic carbocycles. The normalized spacial score (nSPS) is 10.8. The molecule has 27 heavy (non-hydrogen) atoms. The first-order valence-electron chi connectivity index (χ1n) is 9.21. The summed E-state index contributed by atoms with van der Waals surface area (Å²) < 4.78 is 18.0. The highest BCUT2D eigenvalue weighted by atomic mass is 79.9. The predicted octanol–water partition coefficient (Wildman–Crippen LogP) is 6.34. The van der Waals surface area contributed by atoms with Gasteiger partial charge in [-0.25, -0.2) is 4.98 Å². The Labute approximate surface area is 168 Å². The summed E-state index contributed by atoms with van der Waals surface area (Å²) in [4.78, 5) is 4.43. The lowest BCUT2D eigenvalue weighted by atomic mass is 10.1. The van der Waals surface area contributed by atoms with E-state index in [9.17, 15) is 0 Å². The molecule has 142 valence electrons. The third-order valence-electron chi connectivity index (χ3n) is 4.19. The van der Waals surface area contributed by atoms with Crippen molar-refractivity contribution in [1.29, 1.82) is 0 Å². The number of hydrogen-bond donors (Lipinski definition) is 0. The van der Waals surface area contributed by atoms with Gasteiger partial charge in [0.25, 0.3) is 0 Å². The van der Waals surface area contributed by atoms with Crippen molar-refractivity contribution in [2.45, 2.75) is 40.2 Å². The number of ether oxygens (including phenoxy) is 2. The summed E-state index contributed by atoms with van der Waals surface area (Å²) in [5, 5.41) is 0. The van der Waals surface area contributed by atoms with E-state index in [1.165, 1.54) is 5.56 Å². The molecule has 0 aliphatic heterocycles. The largest absolute Gasteiger partial charge is 0.494 e. The zero-order valence-corrected chi connectivity index (χ0v) is 17.5. The van der Waals surface area contributed by atoms with Gasteiger partial charge in [0.1, 0.15) is 11.5 Å². The maximum absolute atomic E-state index is 5.91. The van der Waals surface area contributed by atoms with Gasteiger partial charge in [-0.1, -0.05) is 37.6 Å². The number of aromatic nitrogens is 1. The van der Waals surface area contributed by atoms with Gasteiger partial charge in [-0.2, -0.15) is 0 Å². The summed E-state index contributed by atoms with van der Waals surface area (Å²) in [7, 11) is 0. The Kier molecular flexibility index (Phi) is 6.56. The first kappa shape index (κ1) is 19.5. The maximum atomic E-state index is 5.91. The number of benzene rings is 2. The summed E-state index contributed by atoms with van der Waals surface area (Å²) in [6.07, 6.45) is 2.22. The molecule has 1 heterocycles. The molecule has 0 N–H and O–H groups in total. The van der Waals surface area contributed by atoms with E-state index in [2.05, 4.69) is 52.1 Å². The minimum Gasteiger partial charge on any atom is -0.494 e. The number of aryl methyl sites for hydroxylation is 2. The van der Waals surface area contributed by atoms with Gasteiger partial charge in [-0.15, -0.1) is 0 Å². The van der Waals surface area contributed by atoms with Crippen LogP contribution in [0.4, 0.5) is 0 Å². The van der Waals surface area contributed by atoms with Crippen molar-refractivity contribution in [2.24, 2.45) is 0 Å². The molecular formula is C22H24BrNO3. The SMILES string of the molecule is CCCc1ccc(-c2oc(COc3ccc(OCC)c(C)c3)nc2Br)cc1. The molecule has 0 amide bonds. The lowest BCUT2D eigenvalue weighted by Crippen LogP contribution is -1.98. The van der Waals surface area contributed by atoms with Crippen LogP contribution in [-0.2, 0) is 13.0 Å². The molecule has 0 atom stereocenters. The van der Waals surface area contributed by atoms with Crippen molar-refractivity contribution in [3.63, 3.8) is 0 Å². The molecule has 1 aromatic heterocycles. The van der Waals surface area contributed by atoms with Gasteiger partial charge in [0.2, 0.25) is 5.89 Å². The standard InChI is InChI=1S/C22H24BrNO3/c1-4-6-16-7-9-17(10-8-16)21-22(23)24-20(27-21)14-26-18-11-12-19(25-5-2)15(3)13-18/h7-13H,4-6,14H2,1-3H3. The van der Waals surface area contributed by atoms with E-state index in [0.717, 1.165) is 41.2 Å². The molecular weight excluding hydrogens is 406 g/mol. The van der Waals surface area contributed by atoms with Gasteiger partial charge in [0, 0.05) is 5.56 Å². The predicted molar refractivity (Wildman–Crippen MR) is 110 cm³/mol. The highest BCUT2D eigenvalue weighted by molar-refractivity contribution is 9.10. The van der Waals surface area contributed by atoms with E-state index in [4.69, 9.17) is 13.9 Å². The quantitative estimate of drug-likeness (QED) is 0.418.